The molecular formula is C12H21N5O. The third kappa shape index (κ3) is 3.00. The average Bonchev–Trinajstić information content (AvgIpc) is 2.81. The quantitative estimate of drug-likeness (QED) is 0.831. The number of nitrogens with one attached hydrogen (secondary N) is 2. The Labute approximate surface area is 108 Å². The molecule has 0 aromatic carbocycles. The number of methoxy groups -OCH3 is 1. The van der Waals surface area contributed by atoms with Crippen LogP contribution in [0.5, 0.6) is 6.01 Å². The number of aromatic nitrogens is 3. The molecule has 0 amide bonds. The maximum absolute atomic E-state index is 5.05. The minimum absolute atomic E-state index is 0.330. The monoisotopic (exact) mass is 251 g/mol. The molecule has 2 unspecified atom stereocenters. The predicted octanol–water partition coefficient (Wildman–Crippen LogP) is 1.77. The number of hydrogen-bond acceptors (Lipinski definition) is 6. The van der Waals surface area contributed by atoms with Crippen LogP contribution in [0, 0.1) is 11.8 Å². The van der Waals surface area contributed by atoms with Gasteiger partial charge in [-0.25, -0.2) is 0 Å². The van der Waals surface area contributed by atoms with Crippen molar-refractivity contribution in [2.45, 2.75) is 26.2 Å². The zero-order valence-corrected chi connectivity index (χ0v) is 11.2. The molecule has 0 radical (unpaired) electrons. The van der Waals surface area contributed by atoms with E-state index in [0.29, 0.717) is 23.8 Å². The van der Waals surface area contributed by atoms with Crippen LogP contribution in [-0.4, -0.2) is 35.7 Å². The molecule has 0 bridgehead atoms. The lowest BCUT2D eigenvalue weighted by Crippen LogP contribution is -2.18. The van der Waals surface area contributed by atoms with Crippen molar-refractivity contribution in [2.75, 3.05) is 31.3 Å². The van der Waals surface area contributed by atoms with Crippen molar-refractivity contribution < 1.29 is 4.74 Å². The van der Waals surface area contributed by atoms with E-state index >= 15 is 0 Å². The van der Waals surface area contributed by atoms with E-state index in [1.54, 1.807) is 14.2 Å². The number of nitrogens with zero attached hydrogens (tertiary/aromatic N) is 3. The van der Waals surface area contributed by atoms with E-state index in [-0.39, 0.29) is 0 Å². The predicted molar refractivity (Wildman–Crippen MR) is 70.9 cm³/mol. The van der Waals surface area contributed by atoms with Gasteiger partial charge >= 0.3 is 6.01 Å². The van der Waals surface area contributed by atoms with Crippen molar-refractivity contribution in [2.24, 2.45) is 11.8 Å². The highest BCUT2D eigenvalue weighted by Crippen LogP contribution is 2.31. The molecule has 0 saturated heterocycles. The van der Waals surface area contributed by atoms with Crippen LogP contribution in [0.2, 0.25) is 0 Å². The second-order valence-electron chi connectivity index (χ2n) is 4.77. The van der Waals surface area contributed by atoms with Crippen LogP contribution in [0.3, 0.4) is 0 Å². The summed E-state index contributed by atoms with van der Waals surface area (Å²) in [5.41, 5.74) is 0. The first kappa shape index (κ1) is 12.9. The van der Waals surface area contributed by atoms with Crippen molar-refractivity contribution in [3.8, 4) is 6.01 Å². The van der Waals surface area contributed by atoms with Crippen molar-refractivity contribution in [1.29, 1.82) is 0 Å². The van der Waals surface area contributed by atoms with Crippen LogP contribution in [0.25, 0.3) is 0 Å². The molecule has 1 fully saturated rings. The van der Waals surface area contributed by atoms with E-state index in [1.807, 2.05) is 0 Å². The molecule has 1 aromatic heterocycles. The normalized spacial score (nSPS) is 22.8. The summed E-state index contributed by atoms with van der Waals surface area (Å²) in [6, 6.07) is 0.330. The van der Waals surface area contributed by atoms with Crippen LogP contribution in [0.15, 0.2) is 0 Å². The molecule has 6 nitrogen and oxygen atoms in total. The Kier molecular flexibility index (Phi) is 4.17. The molecule has 2 rings (SSSR count). The van der Waals surface area contributed by atoms with E-state index in [1.165, 1.54) is 19.3 Å². The first-order valence-electron chi connectivity index (χ1n) is 6.44. The molecule has 100 valence electrons. The molecule has 1 heterocycles. The molecule has 1 aromatic rings. The molecule has 1 saturated carbocycles. The molecule has 2 N–H and O–H groups in total. The maximum atomic E-state index is 5.05. The first-order valence-corrected chi connectivity index (χ1v) is 6.44. The molecule has 6 heteroatoms. The van der Waals surface area contributed by atoms with E-state index < -0.39 is 0 Å². The van der Waals surface area contributed by atoms with Gasteiger partial charge in [0.05, 0.1) is 7.11 Å². The third-order valence-corrected chi connectivity index (χ3v) is 3.58. The van der Waals surface area contributed by atoms with Crippen LogP contribution in [0.4, 0.5) is 11.9 Å². The minimum atomic E-state index is 0.330. The van der Waals surface area contributed by atoms with Crippen LogP contribution in [0.1, 0.15) is 26.2 Å². The lowest BCUT2D eigenvalue weighted by atomic mass is 9.98. The second kappa shape index (κ2) is 5.84. The third-order valence-electron chi connectivity index (χ3n) is 3.58. The van der Waals surface area contributed by atoms with E-state index in [4.69, 9.17) is 4.74 Å². The highest BCUT2D eigenvalue weighted by Gasteiger charge is 2.23. The largest absolute Gasteiger partial charge is 0.467 e. The molecule has 1 aliphatic rings. The molecule has 1 aliphatic carbocycles. The van der Waals surface area contributed by atoms with Crippen LogP contribution >= 0.6 is 0 Å². The summed E-state index contributed by atoms with van der Waals surface area (Å²) in [7, 11) is 3.33. The topological polar surface area (TPSA) is 72.0 Å². The lowest BCUT2D eigenvalue weighted by Gasteiger charge is -2.16. The minimum Gasteiger partial charge on any atom is -0.467 e. The van der Waals surface area contributed by atoms with Gasteiger partial charge in [-0.1, -0.05) is 19.8 Å². The number of ether oxygens (including phenoxy) is 1. The van der Waals surface area contributed by atoms with Gasteiger partial charge in [0.2, 0.25) is 11.9 Å². The van der Waals surface area contributed by atoms with Crippen LogP contribution < -0.4 is 15.4 Å². The summed E-state index contributed by atoms with van der Waals surface area (Å²) in [5, 5.41) is 6.18. The smallest absolute Gasteiger partial charge is 0.322 e. The number of hydrogen-bond donors (Lipinski definition) is 2. The first-order chi connectivity index (χ1) is 8.72. The van der Waals surface area contributed by atoms with Gasteiger partial charge in [-0.3, -0.25) is 0 Å². The summed E-state index contributed by atoms with van der Waals surface area (Å²) in [5.74, 6) is 2.59. The van der Waals surface area contributed by atoms with Gasteiger partial charge < -0.3 is 15.4 Å². The fraction of sp³-hybridized carbons (Fsp3) is 0.750. The fourth-order valence-electron chi connectivity index (χ4n) is 2.39. The van der Waals surface area contributed by atoms with Gasteiger partial charge in [0, 0.05) is 13.6 Å². The highest BCUT2D eigenvalue weighted by molar-refractivity contribution is 5.35. The van der Waals surface area contributed by atoms with Crippen molar-refractivity contribution in [1.82, 2.24) is 15.0 Å². The summed E-state index contributed by atoms with van der Waals surface area (Å²) < 4.78 is 5.05. The Bertz CT molecular complexity index is 376. The van der Waals surface area contributed by atoms with Gasteiger partial charge in [0.15, 0.2) is 0 Å². The second-order valence-corrected chi connectivity index (χ2v) is 4.77. The Balaban J connectivity index is 1.99. The summed E-state index contributed by atoms with van der Waals surface area (Å²) in [4.78, 5) is 12.5. The van der Waals surface area contributed by atoms with E-state index in [9.17, 15) is 0 Å². The number of rotatable bonds is 5. The Morgan fingerprint density at radius 2 is 2.00 bits per heavy atom. The van der Waals surface area contributed by atoms with Gasteiger partial charge in [-0.15, -0.1) is 0 Å². The fourth-order valence-corrected chi connectivity index (χ4v) is 2.39. The van der Waals surface area contributed by atoms with Crippen molar-refractivity contribution >= 4 is 11.9 Å². The Hall–Kier alpha value is -1.59. The maximum Gasteiger partial charge on any atom is 0.322 e. The van der Waals surface area contributed by atoms with Gasteiger partial charge in [0.1, 0.15) is 0 Å². The van der Waals surface area contributed by atoms with Gasteiger partial charge in [-0.05, 0) is 18.3 Å². The van der Waals surface area contributed by atoms with Crippen LogP contribution in [-0.2, 0) is 0 Å². The number of anilines is 2. The van der Waals surface area contributed by atoms with E-state index in [0.717, 1.165) is 12.5 Å². The zero-order chi connectivity index (χ0) is 13.0. The van der Waals surface area contributed by atoms with Crippen molar-refractivity contribution in [3.63, 3.8) is 0 Å². The average molecular weight is 251 g/mol. The van der Waals surface area contributed by atoms with Gasteiger partial charge in [-0.2, -0.15) is 15.0 Å². The lowest BCUT2D eigenvalue weighted by molar-refractivity contribution is 0.379. The summed E-state index contributed by atoms with van der Waals surface area (Å²) >= 11 is 0. The summed E-state index contributed by atoms with van der Waals surface area (Å²) in [6.45, 7) is 3.23. The highest BCUT2D eigenvalue weighted by atomic mass is 16.5. The molecule has 2 atom stereocenters. The van der Waals surface area contributed by atoms with E-state index in [2.05, 4.69) is 32.5 Å². The summed E-state index contributed by atoms with van der Waals surface area (Å²) in [6.07, 6.45) is 3.94. The molecule has 0 aliphatic heterocycles. The zero-order valence-electron chi connectivity index (χ0n) is 11.2. The van der Waals surface area contributed by atoms with Crippen molar-refractivity contribution in [3.05, 3.63) is 0 Å². The SMILES string of the molecule is CNc1nc(NCC2CCCC2C)nc(OC)n1. The molecule has 0 spiro atoms. The standard InChI is InChI=1S/C12H21N5O/c1-8-5-4-6-9(8)7-14-11-15-10(13-2)16-12(17-11)18-3/h8-9H,4-7H2,1-3H3,(H2,13,14,15,16,17). The Morgan fingerprint density at radius 1 is 1.22 bits per heavy atom. The molecular weight excluding hydrogens is 230 g/mol. The van der Waals surface area contributed by atoms with Gasteiger partial charge in [0.25, 0.3) is 0 Å². The molecule has 18 heavy (non-hydrogen) atoms. The Morgan fingerprint density at radius 3 is 2.61 bits per heavy atom.